The van der Waals surface area contributed by atoms with Gasteiger partial charge in [0.1, 0.15) is 0 Å². The molecular weight excluding hydrogens is 420 g/mol. The van der Waals surface area contributed by atoms with Gasteiger partial charge in [0.2, 0.25) is 15.2 Å². The van der Waals surface area contributed by atoms with Crippen molar-refractivity contribution in [2.45, 2.75) is 35.3 Å². The summed E-state index contributed by atoms with van der Waals surface area (Å²) in [6.45, 7) is 4.29. The Morgan fingerprint density at radius 2 is 2.04 bits per heavy atom. The predicted molar refractivity (Wildman–Crippen MR) is 110 cm³/mol. The number of Topliss-reactive ketones (excluding diaryl/α,β-unsaturated/α-hetero) is 1. The molecule has 0 amide bonds. The zero-order chi connectivity index (χ0) is 20.3. The van der Waals surface area contributed by atoms with E-state index in [4.69, 9.17) is 4.74 Å². The smallest absolute Gasteiger partial charge is 0.243 e. The molecule has 2 heterocycles. The molecule has 2 unspecified atom stereocenters. The summed E-state index contributed by atoms with van der Waals surface area (Å²) in [5.41, 5.74) is 0.331. The molecule has 8 nitrogen and oxygen atoms in total. The molecule has 1 N–H and O–H groups in total. The lowest BCUT2D eigenvalue weighted by atomic mass is 10.1. The molecular formula is C17H22N4O4S3. The van der Waals surface area contributed by atoms with Crippen LogP contribution in [0.4, 0.5) is 5.13 Å². The molecule has 1 saturated heterocycles. The van der Waals surface area contributed by atoms with Crippen LogP contribution in [0.1, 0.15) is 24.2 Å². The molecule has 2 atom stereocenters. The van der Waals surface area contributed by atoms with Crippen LogP contribution in [-0.4, -0.2) is 66.8 Å². The number of nitrogens with one attached hydrogen (secondary N) is 1. The van der Waals surface area contributed by atoms with Crippen LogP contribution >= 0.6 is 23.1 Å². The highest BCUT2D eigenvalue weighted by Gasteiger charge is 2.32. The molecule has 1 aromatic carbocycles. The number of ketones is 1. The van der Waals surface area contributed by atoms with E-state index in [1.54, 1.807) is 12.1 Å². The van der Waals surface area contributed by atoms with E-state index in [0.29, 0.717) is 23.8 Å². The number of nitrogens with zero attached hydrogens (tertiary/aromatic N) is 3. The van der Waals surface area contributed by atoms with E-state index in [2.05, 4.69) is 15.5 Å². The summed E-state index contributed by atoms with van der Waals surface area (Å²) in [6, 6.07) is 6.14. The molecule has 11 heteroatoms. The molecule has 152 valence electrons. The van der Waals surface area contributed by atoms with Crippen molar-refractivity contribution in [1.29, 1.82) is 0 Å². The highest BCUT2D eigenvalue weighted by molar-refractivity contribution is 8.00. The second kappa shape index (κ2) is 8.87. The fraction of sp³-hybridized carbons (Fsp3) is 0.471. The first-order valence-electron chi connectivity index (χ1n) is 8.70. The third-order valence-corrected chi connectivity index (χ3v) is 7.85. The van der Waals surface area contributed by atoms with E-state index < -0.39 is 10.0 Å². The van der Waals surface area contributed by atoms with Gasteiger partial charge in [0.25, 0.3) is 0 Å². The fourth-order valence-corrected chi connectivity index (χ4v) is 5.73. The third-order valence-electron chi connectivity index (χ3n) is 4.16. The second-order valence-corrected chi connectivity index (χ2v) is 10.4. The topological polar surface area (TPSA) is 101 Å². The molecule has 1 aliphatic rings. The van der Waals surface area contributed by atoms with Gasteiger partial charge >= 0.3 is 0 Å². The number of hydrogen-bond acceptors (Lipinski definition) is 9. The average Bonchev–Trinajstić information content (AvgIpc) is 3.13. The first kappa shape index (κ1) is 21.2. The van der Waals surface area contributed by atoms with Crippen molar-refractivity contribution < 1.29 is 17.9 Å². The SMILES string of the molecule is CSc1nnc(NCC(=O)c2cccc(S(=O)(=O)N3CC(C)OC(C)C3)c2)s1. The molecule has 1 aliphatic heterocycles. The first-order chi connectivity index (χ1) is 13.3. The first-order valence-corrected chi connectivity index (χ1v) is 12.2. The number of sulfonamides is 1. The second-order valence-electron chi connectivity index (χ2n) is 6.46. The highest BCUT2D eigenvalue weighted by Crippen LogP contribution is 2.24. The van der Waals surface area contributed by atoms with Crippen molar-refractivity contribution in [3.63, 3.8) is 0 Å². The van der Waals surface area contributed by atoms with E-state index in [1.165, 1.54) is 39.5 Å². The van der Waals surface area contributed by atoms with Gasteiger partial charge in [-0.3, -0.25) is 4.79 Å². The predicted octanol–water partition coefficient (Wildman–Crippen LogP) is 2.35. The lowest BCUT2D eigenvalue weighted by molar-refractivity contribution is -0.0440. The normalized spacial score (nSPS) is 20.8. The summed E-state index contributed by atoms with van der Waals surface area (Å²) in [5.74, 6) is -0.221. The summed E-state index contributed by atoms with van der Waals surface area (Å²) in [6.07, 6.45) is 1.55. The van der Waals surface area contributed by atoms with Gasteiger partial charge in [-0.15, -0.1) is 10.2 Å². The fourth-order valence-electron chi connectivity index (χ4n) is 2.93. The van der Waals surface area contributed by atoms with E-state index >= 15 is 0 Å². The summed E-state index contributed by atoms with van der Waals surface area (Å²) < 4.78 is 33.8. The Kier molecular flexibility index (Phi) is 6.71. The van der Waals surface area contributed by atoms with Gasteiger partial charge in [0.15, 0.2) is 10.1 Å². The zero-order valence-electron chi connectivity index (χ0n) is 15.8. The van der Waals surface area contributed by atoms with Crippen molar-refractivity contribution in [3.05, 3.63) is 29.8 Å². The summed E-state index contributed by atoms with van der Waals surface area (Å²) >= 11 is 2.84. The maximum absolute atomic E-state index is 13.0. The molecule has 2 aromatic rings. The molecule has 0 radical (unpaired) electrons. The van der Waals surface area contributed by atoms with Gasteiger partial charge in [0.05, 0.1) is 23.6 Å². The number of thioether (sulfide) groups is 1. The van der Waals surface area contributed by atoms with Crippen molar-refractivity contribution in [2.75, 3.05) is 31.2 Å². The van der Waals surface area contributed by atoms with Crippen molar-refractivity contribution >= 4 is 44.0 Å². The Bertz CT molecular complexity index is 937. The minimum Gasteiger partial charge on any atom is -0.373 e. The molecule has 0 bridgehead atoms. The van der Waals surface area contributed by atoms with Crippen LogP contribution in [0.2, 0.25) is 0 Å². The number of morpholine rings is 1. The minimum absolute atomic E-state index is 0.0120. The van der Waals surface area contributed by atoms with E-state index in [0.717, 1.165) is 4.34 Å². The van der Waals surface area contributed by atoms with Crippen molar-refractivity contribution in [1.82, 2.24) is 14.5 Å². The maximum atomic E-state index is 13.0. The molecule has 0 saturated carbocycles. The zero-order valence-corrected chi connectivity index (χ0v) is 18.2. The summed E-state index contributed by atoms with van der Waals surface area (Å²) in [5, 5.41) is 11.4. The monoisotopic (exact) mass is 442 g/mol. The van der Waals surface area contributed by atoms with Crippen LogP contribution in [0, 0.1) is 0 Å². The minimum atomic E-state index is -3.69. The van der Waals surface area contributed by atoms with Gasteiger partial charge in [-0.05, 0) is 32.2 Å². The molecule has 3 rings (SSSR count). The lowest BCUT2D eigenvalue weighted by Crippen LogP contribution is -2.48. The molecule has 0 aliphatic carbocycles. The lowest BCUT2D eigenvalue weighted by Gasteiger charge is -2.34. The van der Waals surface area contributed by atoms with Gasteiger partial charge in [-0.25, -0.2) is 8.42 Å². The standard InChI is InChI=1S/C17H22N4O4S3/c1-11-9-21(10-12(2)25-11)28(23,24)14-6-4-5-13(7-14)15(22)8-18-16-19-20-17(26-3)27-16/h4-7,11-12H,8-10H2,1-3H3,(H,18,19). The Morgan fingerprint density at radius 3 is 2.68 bits per heavy atom. The number of anilines is 1. The molecule has 0 spiro atoms. The van der Waals surface area contributed by atoms with Gasteiger partial charge in [-0.1, -0.05) is 35.2 Å². The van der Waals surface area contributed by atoms with Crippen LogP contribution in [0.3, 0.4) is 0 Å². The number of ether oxygens (including phenoxy) is 1. The Labute approximate surface area is 172 Å². The number of carbonyl (C=O) groups is 1. The Balaban J connectivity index is 1.72. The largest absolute Gasteiger partial charge is 0.373 e. The van der Waals surface area contributed by atoms with E-state index in [-0.39, 0.29) is 29.4 Å². The van der Waals surface area contributed by atoms with Gasteiger partial charge < -0.3 is 10.1 Å². The van der Waals surface area contributed by atoms with Crippen LogP contribution in [0.5, 0.6) is 0 Å². The van der Waals surface area contributed by atoms with Gasteiger partial charge in [-0.2, -0.15) is 4.31 Å². The Morgan fingerprint density at radius 1 is 1.32 bits per heavy atom. The highest BCUT2D eigenvalue weighted by atomic mass is 32.2. The number of aromatic nitrogens is 2. The summed E-state index contributed by atoms with van der Waals surface area (Å²) in [7, 11) is -3.69. The Hall–Kier alpha value is -1.53. The van der Waals surface area contributed by atoms with Crippen LogP contribution in [0.25, 0.3) is 0 Å². The third kappa shape index (κ3) is 4.90. The average molecular weight is 443 g/mol. The van der Waals surface area contributed by atoms with E-state index in [9.17, 15) is 13.2 Å². The maximum Gasteiger partial charge on any atom is 0.243 e. The van der Waals surface area contributed by atoms with Crippen LogP contribution in [0.15, 0.2) is 33.5 Å². The van der Waals surface area contributed by atoms with Crippen LogP contribution < -0.4 is 5.32 Å². The number of rotatable bonds is 7. The quantitative estimate of drug-likeness (QED) is 0.515. The van der Waals surface area contributed by atoms with E-state index in [1.807, 2.05) is 20.1 Å². The van der Waals surface area contributed by atoms with Crippen LogP contribution in [-0.2, 0) is 14.8 Å². The molecule has 1 fully saturated rings. The summed E-state index contributed by atoms with van der Waals surface area (Å²) in [4.78, 5) is 12.6. The number of hydrogen-bond donors (Lipinski definition) is 1. The van der Waals surface area contributed by atoms with Gasteiger partial charge in [0, 0.05) is 18.7 Å². The molecule has 28 heavy (non-hydrogen) atoms. The van der Waals surface area contributed by atoms with Crippen molar-refractivity contribution in [3.8, 4) is 0 Å². The number of benzene rings is 1. The van der Waals surface area contributed by atoms with Crippen molar-refractivity contribution in [2.24, 2.45) is 0 Å². The number of carbonyl (C=O) groups excluding carboxylic acids is 1. The molecule has 1 aromatic heterocycles.